The fourth-order valence-electron chi connectivity index (χ4n) is 1.30. The molecule has 1 aromatic heterocycles. The zero-order valence-electron chi connectivity index (χ0n) is 8.66. The van der Waals surface area contributed by atoms with Crippen molar-refractivity contribution in [2.45, 2.75) is 13.2 Å². The molecule has 0 saturated carbocycles. The number of aromatic amines is 1. The van der Waals surface area contributed by atoms with E-state index in [1.165, 1.54) is 14.2 Å². The number of pyridine rings is 1. The van der Waals surface area contributed by atoms with Gasteiger partial charge in [-0.3, -0.25) is 4.79 Å². The van der Waals surface area contributed by atoms with Crippen molar-refractivity contribution in [1.29, 1.82) is 5.26 Å². The summed E-state index contributed by atoms with van der Waals surface area (Å²) in [7, 11) is 3.05. The van der Waals surface area contributed by atoms with Crippen LogP contribution < -0.4 is 5.56 Å². The van der Waals surface area contributed by atoms with Gasteiger partial charge in [-0.2, -0.15) is 5.26 Å². The molecule has 5 nitrogen and oxygen atoms in total. The van der Waals surface area contributed by atoms with E-state index in [0.717, 1.165) is 0 Å². The Morgan fingerprint density at radius 2 is 2.07 bits per heavy atom. The zero-order chi connectivity index (χ0) is 11.3. The van der Waals surface area contributed by atoms with Crippen LogP contribution in [0.15, 0.2) is 10.9 Å². The number of nitriles is 1. The molecule has 1 rings (SSSR count). The molecule has 15 heavy (non-hydrogen) atoms. The first-order chi connectivity index (χ1) is 7.22. The van der Waals surface area contributed by atoms with E-state index in [9.17, 15) is 4.79 Å². The van der Waals surface area contributed by atoms with Crippen molar-refractivity contribution < 1.29 is 9.47 Å². The summed E-state index contributed by atoms with van der Waals surface area (Å²) in [4.78, 5) is 14.0. The lowest BCUT2D eigenvalue weighted by atomic mass is 10.1. The van der Waals surface area contributed by atoms with Crippen LogP contribution in [0.2, 0.25) is 0 Å². The third kappa shape index (κ3) is 2.65. The average Bonchev–Trinajstić information content (AvgIpc) is 2.18. The Balaban J connectivity index is 3.21. The molecule has 0 fully saturated rings. The highest BCUT2D eigenvalue weighted by atomic mass is 16.5. The van der Waals surface area contributed by atoms with Gasteiger partial charge in [-0.15, -0.1) is 0 Å². The van der Waals surface area contributed by atoms with Gasteiger partial charge in [0, 0.05) is 25.5 Å². The van der Waals surface area contributed by atoms with Gasteiger partial charge in [0.25, 0.3) is 5.56 Å². The molecule has 0 bridgehead atoms. The Hall–Kier alpha value is -1.64. The second kappa shape index (κ2) is 5.29. The topological polar surface area (TPSA) is 75.1 Å². The lowest BCUT2D eigenvalue weighted by Gasteiger charge is -2.05. The predicted molar refractivity (Wildman–Crippen MR) is 53.2 cm³/mol. The molecule has 0 amide bonds. The maximum absolute atomic E-state index is 11.5. The standard InChI is InChI=1S/C10H12N2O3/c1-14-5-7-3-8(6-15-2)12-10(13)9(7)4-11/h3H,5-6H2,1-2H3,(H,12,13). The van der Waals surface area contributed by atoms with Crippen molar-refractivity contribution in [2.24, 2.45) is 0 Å². The largest absolute Gasteiger partial charge is 0.380 e. The van der Waals surface area contributed by atoms with E-state index in [2.05, 4.69) is 4.98 Å². The second-order valence-corrected chi connectivity index (χ2v) is 3.00. The molecule has 0 aliphatic carbocycles. The number of H-pyrrole nitrogens is 1. The SMILES string of the molecule is COCc1cc(COC)c(C#N)c(=O)[nH]1. The van der Waals surface area contributed by atoms with E-state index in [0.29, 0.717) is 17.9 Å². The molecule has 0 radical (unpaired) electrons. The smallest absolute Gasteiger partial charge is 0.266 e. The van der Waals surface area contributed by atoms with Gasteiger partial charge in [0.2, 0.25) is 0 Å². The normalized spacial score (nSPS) is 9.93. The molecule has 0 spiro atoms. The molecule has 0 atom stereocenters. The first kappa shape index (κ1) is 11.4. The Labute approximate surface area is 87.3 Å². The van der Waals surface area contributed by atoms with Crippen molar-refractivity contribution in [3.63, 3.8) is 0 Å². The fraction of sp³-hybridized carbons (Fsp3) is 0.400. The van der Waals surface area contributed by atoms with Gasteiger partial charge < -0.3 is 14.5 Å². The fourth-order valence-corrected chi connectivity index (χ4v) is 1.30. The van der Waals surface area contributed by atoms with E-state index in [-0.39, 0.29) is 12.2 Å². The van der Waals surface area contributed by atoms with Gasteiger partial charge in [0.15, 0.2) is 0 Å². The van der Waals surface area contributed by atoms with Crippen LogP contribution in [0.1, 0.15) is 16.8 Å². The van der Waals surface area contributed by atoms with Crippen LogP contribution in [0, 0.1) is 11.3 Å². The van der Waals surface area contributed by atoms with E-state index >= 15 is 0 Å². The molecule has 1 heterocycles. The number of rotatable bonds is 4. The number of nitrogens with one attached hydrogen (secondary N) is 1. The van der Waals surface area contributed by atoms with Crippen LogP contribution in [0.5, 0.6) is 0 Å². The first-order valence-electron chi connectivity index (χ1n) is 4.36. The number of hydrogen-bond acceptors (Lipinski definition) is 4. The number of methoxy groups -OCH3 is 2. The number of ether oxygens (including phenoxy) is 2. The molecule has 0 unspecified atom stereocenters. The summed E-state index contributed by atoms with van der Waals surface area (Å²) in [5.41, 5.74) is 0.903. The summed E-state index contributed by atoms with van der Waals surface area (Å²) in [5.74, 6) is 0. The minimum atomic E-state index is -0.404. The molecule has 5 heteroatoms. The first-order valence-corrected chi connectivity index (χ1v) is 4.36. The Morgan fingerprint density at radius 3 is 2.60 bits per heavy atom. The third-order valence-electron chi connectivity index (χ3n) is 1.88. The summed E-state index contributed by atoms with van der Waals surface area (Å²) in [6.07, 6.45) is 0. The van der Waals surface area contributed by atoms with E-state index < -0.39 is 5.56 Å². The Morgan fingerprint density at radius 1 is 1.40 bits per heavy atom. The number of hydrogen-bond donors (Lipinski definition) is 1. The van der Waals surface area contributed by atoms with Crippen LogP contribution in [-0.4, -0.2) is 19.2 Å². The Kier molecular flexibility index (Phi) is 4.03. The van der Waals surface area contributed by atoms with Crippen molar-refractivity contribution >= 4 is 0 Å². The highest BCUT2D eigenvalue weighted by Crippen LogP contribution is 2.06. The summed E-state index contributed by atoms with van der Waals surface area (Å²) >= 11 is 0. The summed E-state index contributed by atoms with van der Waals surface area (Å²) < 4.78 is 9.81. The van der Waals surface area contributed by atoms with Crippen LogP contribution in [0.4, 0.5) is 0 Å². The van der Waals surface area contributed by atoms with Crippen LogP contribution >= 0.6 is 0 Å². The van der Waals surface area contributed by atoms with Crippen LogP contribution in [0.3, 0.4) is 0 Å². The molecule has 0 aromatic carbocycles. The van der Waals surface area contributed by atoms with Gasteiger partial charge in [0.1, 0.15) is 11.6 Å². The second-order valence-electron chi connectivity index (χ2n) is 3.00. The molecule has 0 aliphatic heterocycles. The number of aromatic nitrogens is 1. The maximum atomic E-state index is 11.5. The molecular weight excluding hydrogens is 196 g/mol. The van der Waals surface area contributed by atoms with Crippen LogP contribution in [-0.2, 0) is 22.7 Å². The molecule has 1 N–H and O–H groups in total. The van der Waals surface area contributed by atoms with Gasteiger partial charge in [-0.1, -0.05) is 0 Å². The van der Waals surface area contributed by atoms with Gasteiger partial charge in [-0.25, -0.2) is 0 Å². The highest BCUT2D eigenvalue weighted by molar-refractivity contribution is 5.36. The molecular formula is C10H12N2O3. The average molecular weight is 208 g/mol. The summed E-state index contributed by atoms with van der Waals surface area (Å²) in [6.45, 7) is 0.543. The number of nitrogens with zero attached hydrogens (tertiary/aromatic N) is 1. The monoisotopic (exact) mass is 208 g/mol. The van der Waals surface area contributed by atoms with Gasteiger partial charge in [0.05, 0.1) is 13.2 Å². The van der Waals surface area contributed by atoms with E-state index in [1.54, 1.807) is 6.07 Å². The lowest BCUT2D eigenvalue weighted by molar-refractivity contribution is 0.177. The molecule has 0 saturated heterocycles. The van der Waals surface area contributed by atoms with Crippen molar-refractivity contribution in [1.82, 2.24) is 4.98 Å². The van der Waals surface area contributed by atoms with Crippen molar-refractivity contribution in [3.8, 4) is 6.07 Å². The maximum Gasteiger partial charge on any atom is 0.266 e. The predicted octanol–water partition coefficient (Wildman–Crippen LogP) is 0.539. The van der Waals surface area contributed by atoms with Crippen molar-refractivity contribution in [3.05, 3.63) is 33.2 Å². The van der Waals surface area contributed by atoms with E-state index in [4.69, 9.17) is 14.7 Å². The molecule has 1 aromatic rings. The Bertz CT molecular complexity index is 431. The van der Waals surface area contributed by atoms with Gasteiger partial charge in [-0.05, 0) is 6.07 Å². The zero-order valence-corrected chi connectivity index (χ0v) is 8.66. The van der Waals surface area contributed by atoms with Crippen molar-refractivity contribution in [2.75, 3.05) is 14.2 Å². The quantitative estimate of drug-likeness (QED) is 0.783. The molecule has 0 aliphatic rings. The highest BCUT2D eigenvalue weighted by Gasteiger charge is 2.08. The summed E-state index contributed by atoms with van der Waals surface area (Å²) in [5, 5.41) is 8.79. The minimum absolute atomic E-state index is 0.0942. The van der Waals surface area contributed by atoms with E-state index in [1.807, 2.05) is 6.07 Å². The molecule has 80 valence electrons. The summed E-state index contributed by atoms with van der Waals surface area (Å²) in [6, 6.07) is 3.55. The van der Waals surface area contributed by atoms with Crippen LogP contribution in [0.25, 0.3) is 0 Å². The third-order valence-corrected chi connectivity index (χ3v) is 1.88. The minimum Gasteiger partial charge on any atom is -0.380 e. The van der Waals surface area contributed by atoms with Gasteiger partial charge >= 0.3 is 0 Å². The lowest BCUT2D eigenvalue weighted by Crippen LogP contribution is -2.16.